The molecule has 3 nitrogen and oxygen atoms in total. The van der Waals surface area contributed by atoms with Crippen LogP contribution in [0, 0.1) is 6.92 Å². The van der Waals surface area contributed by atoms with Crippen LogP contribution in [-0.2, 0) is 0 Å². The summed E-state index contributed by atoms with van der Waals surface area (Å²) in [6.45, 7) is 4.14. The molecule has 15 heavy (non-hydrogen) atoms. The summed E-state index contributed by atoms with van der Waals surface area (Å²) in [5.74, 6) is 0.629. The highest BCUT2D eigenvalue weighted by atomic mass is 16.5. The molecule has 1 aromatic heterocycles. The van der Waals surface area contributed by atoms with Crippen molar-refractivity contribution < 1.29 is 9.15 Å². The lowest BCUT2D eigenvalue weighted by Crippen LogP contribution is -2.07. The molecule has 0 aliphatic carbocycles. The first-order valence-electron chi connectivity index (χ1n) is 4.89. The van der Waals surface area contributed by atoms with E-state index in [9.17, 15) is 4.79 Å². The Labute approximate surface area is 87.3 Å². The second-order valence-electron chi connectivity index (χ2n) is 3.27. The Hall–Kier alpha value is -1.77. The van der Waals surface area contributed by atoms with Gasteiger partial charge < -0.3 is 9.15 Å². The van der Waals surface area contributed by atoms with Crippen LogP contribution in [0.25, 0.3) is 11.0 Å². The van der Waals surface area contributed by atoms with Gasteiger partial charge in [-0.1, -0.05) is 12.1 Å². The van der Waals surface area contributed by atoms with Crippen LogP contribution < -0.4 is 10.4 Å². The van der Waals surface area contributed by atoms with Crippen molar-refractivity contribution in [3.05, 3.63) is 40.2 Å². The molecule has 3 heteroatoms. The van der Waals surface area contributed by atoms with Crippen molar-refractivity contribution in [3.63, 3.8) is 0 Å². The average molecular weight is 204 g/mol. The van der Waals surface area contributed by atoms with E-state index in [4.69, 9.17) is 9.15 Å². The molecule has 0 spiro atoms. The van der Waals surface area contributed by atoms with Crippen LogP contribution in [-0.4, -0.2) is 6.61 Å². The van der Waals surface area contributed by atoms with E-state index in [-0.39, 0.29) is 5.63 Å². The normalized spacial score (nSPS) is 10.5. The lowest BCUT2D eigenvalue weighted by molar-refractivity contribution is 0.338. The molecule has 2 rings (SSSR count). The molecule has 0 amide bonds. The third kappa shape index (κ3) is 1.61. The Morgan fingerprint density at radius 1 is 1.33 bits per heavy atom. The highest BCUT2D eigenvalue weighted by Gasteiger charge is 2.10. The van der Waals surface area contributed by atoms with E-state index in [1.54, 1.807) is 13.0 Å². The number of hydrogen-bond acceptors (Lipinski definition) is 3. The van der Waals surface area contributed by atoms with Crippen LogP contribution >= 0.6 is 0 Å². The maximum Gasteiger partial charge on any atom is 0.342 e. The maximum absolute atomic E-state index is 11.5. The van der Waals surface area contributed by atoms with Crippen molar-refractivity contribution in [1.29, 1.82) is 0 Å². The van der Waals surface area contributed by atoms with Gasteiger partial charge in [-0.25, -0.2) is 4.79 Å². The van der Waals surface area contributed by atoms with Crippen molar-refractivity contribution in [2.45, 2.75) is 13.8 Å². The van der Waals surface area contributed by atoms with Gasteiger partial charge in [0.2, 0.25) is 0 Å². The Kier molecular flexibility index (Phi) is 2.46. The molecule has 0 aliphatic heterocycles. The zero-order valence-electron chi connectivity index (χ0n) is 8.74. The summed E-state index contributed by atoms with van der Waals surface area (Å²) >= 11 is 0. The van der Waals surface area contributed by atoms with Crippen molar-refractivity contribution in [3.8, 4) is 5.75 Å². The molecular weight excluding hydrogens is 192 g/mol. The van der Waals surface area contributed by atoms with Gasteiger partial charge in [-0.15, -0.1) is 0 Å². The minimum Gasteiger partial charge on any atom is -0.493 e. The largest absolute Gasteiger partial charge is 0.493 e. The van der Waals surface area contributed by atoms with Gasteiger partial charge >= 0.3 is 5.63 Å². The molecule has 1 aromatic carbocycles. The van der Waals surface area contributed by atoms with Gasteiger partial charge in [0.1, 0.15) is 11.3 Å². The predicted octanol–water partition coefficient (Wildman–Crippen LogP) is 2.50. The number of hydrogen-bond donors (Lipinski definition) is 0. The molecule has 0 unspecified atom stereocenters. The molecule has 0 N–H and O–H groups in total. The van der Waals surface area contributed by atoms with Crippen molar-refractivity contribution in [2.75, 3.05) is 6.61 Å². The smallest absolute Gasteiger partial charge is 0.342 e. The van der Waals surface area contributed by atoms with E-state index in [2.05, 4.69) is 0 Å². The predicted molar refractivity (Wildman–Crippen MR) is 58.4 cm³/mol. The van der Waals surface area contributed by atoms with E-state index in [1.807, 2.05) is 25.1 Å². The molecule has 0 saturated heterocycles. The average Bonchev–Trinajstić information content (AvgIpc) is 2.25. The summed E-state index contributed by atoms with van der Waals surface area (Å²) in [5.41, 5.74) is 0.754. The van der Waals surface area contributed by atoms with Crippen molar-refractivity contribution in [2.24, 2.45) is 0 Å². The number of benzene rings is 1. The van der Waals surface area contributed by atoms with Gasteiger partial charge in [-0.3, -0.25) is 0 Å². The van der Waals surface area contributed by atoms with Crippen LogP contribution in [0.15, 0.2) is 33.5 Å². The summed E-state index contributed by atoms with van der Waals surface area (Å²) in [6, 6.07) is 7.37. The number of rotatable bonds is 2. The molecule has 1 heterocycles. The highest BCUT2D eigenvalue weighted by molar-refractivity contribution is 5.84. The van der Waals surface area contributed by atoms with Crippen LogP contribution in [0.2, 0.25) is 0 Å². The van der Waals surface area contributed by atoms with Crippen LogP contribution in [0.4, 0.5) is 0 Å². The first-order valence-corrected chi connectivity index (χ1v) is 4.89. The summed E-state index contributed by atoms with van der Waals surface area (Å²) in [5, 5.41) is 0.844. The van der Waals surface area contributed by atoms with Gasteiger partial charge in [-0.2, -0.15) is 0 Å². The van der Waals surface area contributed by atoms with E-state index < -0.39 is 0 Å². The van der Waals surface area contributed by atoms with Crippen LogP contribution in [0.5, 0.6) is 5.75 Å². The standard InChI is InChI=1S/C12H12O3/c1-3-14-11-8(2)12(13)15-10-7-5-4-6-9(10)11/h4-7H,3H2,1-2H3. The van der Waals surface area contributed by atoms with Crippen LogP contribution in [0.3, 0.4) is 0 Å². The van der Waals surface area contributed by atoms with Gasteiger partial charge in [0.25, 0.3) is 0 Å². The monoisotopic (exact) mass is 204 g/mol. The lowest BCUT2D eigenvalue weighted by atomic mass is 10.1. The van der Waals surface area contributed by atoms with Gasteiger partial charge in [0.15, 0.2) is 0 Å². The molecule has 0 radical (unpaired) electrons. The fraction of sp³-hybridized carbons (Fsp3) is 0.250. The Bertz CT molecular complexity index is 540. The summed E-state index contributed by atoms with van der Waals surface area (Å²) in [7, 11) is 0. The zero-order valence-corrected chi connectivity index (χ0v) is 8.74. The summed E-state index contributed by atoms with van der Waals surface area (Å²) < 4.78 is 10.6. The Balaban J connectivity index is 2.83. The minimum atomic E-state index is -0.336. The fourth-order valence-corrected chi connectivity index (χ4v) is 1.54. The number of fused-ring (bicyclic) bond motifs is 1. The molecule has 0 saturated carbocycles. The van der Waals surface area contributed by atoms with E-state index in [0.717, 1.165) is 5.39 Å². The molecule has 0 fully saturated rings. The third-order valence-electron chi connectivity index (χ3n) is 2.27. The SMILES string of the molecule is CCOc1c(C)c(=O)oc2ccccc12. The van der Waals surface area contributed by atoms with Crippen molar-refractivity contribution >= 4 is 11.0 Å². The van der Waals surface area contributed by atoms with Crippen LogP contribution in [0.1, 0.15) is 12.5 Å². The summed E-state index contributed by atoms with van der Waals surface area (Å²) in [6.07, 6.45) is 0. The fourth-order valence-electron chi connectivity index (χ4n) is 1.54. The minimum absolute atomic E-state index is 0.336. The Morgan fingerprint density at radius 3 is 2.80 bits per heavy atom. The number of para-hydroxylation sites is 1. The number of ether oxygens (including phenoxy) is 1. The molecular formula is C12H12O3. The molecule has 0 aliphatic rings. The topological polar surface area (TPSA) is 39.4 Å². The summed E-state index contributed by atoms with van der Waals surface area (Å²) in [4.78, 5) is 11.5. The van der Waals surface area contributed by atoms with Gasteiger partial charge in [0, 0.05) is 0 Å². The molecule has 0 atom stereocenters. The second-order valence-corrected chi connectivity index (χ2v) is 3.27. The third-order valence-corrected chi connectivity index (χ3v) is 2.27. The second kappa shape index (κ2) is 3.77. The molecule has 78 valence electrons. The van der Waals surface area contributed by atoms with E-state index >= 15 is 0 Å². The first kappa shape index (κ1) is 9.77. The van der Waals surface area contributed by atoms with E-state index in [0.29, 0.717) is 23.5 Å². The van der Waals surface area contributed by atoms with Gasteiger partial charge in [-0.05, 0) is 26.0 Å². The Morgan fingerprint density at radius 2 is 2.07 bits per heavy atom. The van der Waals surface area contributed by atoms with Gasteiger partial charge in [0.05, 0.1) is 17.6 Å². The highest BCUT2D eigenvalue weighted by Crippen LogP contribution is 2.26. The quantitative estimate of drug-likeness (QED) is 0.705. The van der Waals surface area contributed by atoms with Crippen molar-refractivity contribution in [1.82, 2.24) is 0 Å². The lowest BCUT2D eigenvalue weighted by Gasteiger charge is -2.08. The zero-order chi connectivity index (χ0) is 10.8. The first-order chi connectivity index (χ1) is 7.24. The maximum atomic E-state index is 11.5. The van der Waals surface area contributed by atoms with E-state index in [1.165, 1.54) is 0 Å². The molecule has 0 bridgehead atoms. The molecule has 2 aromatic rings.